The molecule has 0 heterocycles. The van der Waals surface area contributed by atoms with E-state index in [1.165, 1.54) is 43.5 Å². The molecule has 4 bridgehead atoms. The molecule has 0 saturated heterocycles. The van der Waals surface area contributed by atoms with Crippen LogP contribution < -0.4 is 4.72 Å². The Morgan fingerprint density at radius 2 is 1.58 bits per heavy atom. The molecule has 31 heavy (non-hydrogen) atoms. The Hall–Kier alpha value is -1.44. The summed E-state index contributed by atoms with van der Waals surface area (Å²) in [5, 5.41) is 0.418. The highest BCUT2D eigenvalue weighted by atomic mass is 35.5. The largest absolute Gasteiger partial charge is 0.456 e. The molecule has 0 radical (unpaired) electrons. The lowest BCUT2D eigenvalue weighted by Gasteiger charge is -2.55. The van der Waals surface area contributed by atoms with E-state index >= 15 is 0 Å². The molecule has 4 saturated carbocycles. The Balaban J connectivity index is 1.40. The van der Waals surface area contributed by atoms with Crippen molar-refractivity contribution in [2.75, 3.05) is 6.61 Å². The van der Waals surface area contributed by atoms with Gasteiger partial charge in [0.05, 0.1) is 4.90 Å². The van der Waals surface area contributed by atoms with Gasteiger partial charge in [0.25, 0.3) is 0 Å². The molecule has 4 fully saturated rings. The van der Waals surface area contributed by atoms with E-state index in [2.05, 4.69) is 4.72 Å². The lowest BCUT2D eigenvalue weighted by atomic mass is 9.48. The van der Waals surface area contributed by atoms with Crippen molar-refractivity contribution < 1.29 is 22.7 Å². The molecule has 5 rings (SSSR count). The number of hydrogen-bond donors (Lipinski definition) is 1. The fourth-order valence-corrected chi connectivity index (χ4v) is 7.60. The minimum atomic E-state index is -3.94. The van der Waals surface area contributed by atoms with Crippen molar-refractivity contribution in [1.82, 2.24) is 4.72 Å². The third-order valence-electron chi connectivity index (χ3n) is 7.30. The molecule has 0 amide bonds. The quantitative estimate of drug-likeness (QED) is 0.584. The SMILES string of the molecule is CC(C)C(NS(=O)(=O)c1ccc(Cl)cc1)C(=O)OCC(=O)C12CC3CC(CC(C3)C1)C2. The van der Waals surface area contributed by atoms with Crippen LogP contribution in [0, 0.1) is 29.1 Å². The molecule has 1 unspecified atom stereocenters. The predicted octanol–water partition coefficient (Wildman–Crippen LogP) is 3.97. The van der Waals surface area contributed by atoms with Crippen LogP contribution in [0.15, 0.2) is 29.2 Å². The molecular formula is C23H30ClNO5S. The number of ketones is 1. The monoisotopic (exact) mass is 467 g/mol. The van der Waals surface area contributed by atoms with Gasteiger partial charge in [0.2, 0.25) is 10.0 Å². The number of sulfonamides is 1. The highest BCUT2D eigenvalue weighted by molar-refractivity contribution is 7.89. The van der Waals surface area contributed by atoms with Crippen molar-refractivity contribution >= 4 is 33.4 Å². The van der Waals surface area contributed by atoms with Gasteiger partial charge in [-0.2, -0.15) is 4.72 Å². The van der Waals surface area contributed by atoms with Gasteiger partial charge in [-0.25, -0.2) is 8.42 Å². The molecule has 1 aromatic carbocycles. The van der Waals surface area contributed by atoms with Crippen LogP contribution >= 0.6 is 11.6 Å². The van der Waals surface area contributed by atoms with Crippen LogP contribution in [0.5, 0.6) is 0 Å². The summed E-state index contributed by atoms with van der Waals surface area (Å²) in [6.45, 7) is 3.19. The summed E-state index contributed by atoms with van der Waals surface area (Å²) < 4.78 is 33.2. The number of benzene rings is 1. The molecule has 1 aromatic rings. The van der Waals surface area contributed by atoms with Crippen molar-refractivity contribution in [1.29, 1.82) is 0 Å². The molecule has 0 aromatic heterocycles. The molecule has 170 valence electrons. The second kappa shape index (κ2) is 8.49. The summed E-state index contributed by atoms with van der Waals surface area (Å²) >= 11 is 5.83. The summed E-state index contributed by atoms with van der Waals surface area (Å²) in [6.07, 6.45) is 6.42. The van der Waals surface area contributed by atoms with E-state index < -0.39 is 22.0 Å². The number of Topliss-reactive ketones (excluding diaryl/α,β-unsaturated/α-hetero) is 1. The minimum Gasteiger partial charge on any atom is -0.456 e. The van der Waals surface area contributed by atoms with E-state index in [4.69, 9.17) is 16.3 Å². The number of carbonyl (C=O) groups is 2. The number of nitrogens with one attached hydrogen (secondary N) is 1. The van der Waals surface area contributed by atoms with Crippen molar-refractivity contribution in [2.45, 2.75) is 63.3 Å². The first-order valence-electron chi connectivity index (χ1n) is 11.1. The Bertz CT molecular complexity index is 921. The maximum atomic E-state index is 13.1. The van der Waals surface area contributed by atoms with Crippen molar-refractivity contribution in [3.05, 3.63) is 29.3 Å². The van der Waals surface area contributed by atoms with Crippen LogP contribution in [0.3, 0.4) is 0 Å². The van der Waals surface area contributed by atoms with Gasteiger partial charge in [0.1, 0.15) is 6.04 Å². The van der Waals surface area contributed by atoms with Gasteiger partial charge < -0.3 is 4.74 Å². The number of ether oxygens (including phenoxy) is 1. The molecule has 1 atom stereocenters. The summed E-state index contributed by atoms with van der Waals surface area (Å²) in [7, 11) is -3.94. The van der Waals surface area contributed by atoms with Crippen molar-refractivity contribution in [3.63, 3.8) is 0 Å². The molecule has 1 N–H and O–H groups in total. The summed E-state index contributed by atoms with van der Waals surface area (Å²) in [4.78, 5) is 25.9. The van der Waals surface area contributed by atoms with E-state index in [0.717, 1.165) is 19.3 Å². The van der Waals surface area contributed by atoms with Gasteiger partial charge in [-0.15, -0.1) is 0 Å². The van der Waals surface area contributed by atoms with Crippen LogP contribution in [0.4, 0.5) is 0 Å². The average Bonchev–Trinajstić information content (AvgIpc) is 2.69. The summed E-state index contributed by atoms with van der Waals surface area (Å²) in [5.41, 5.74) is -0.342. The Morgan fingerprint density at radius 3 is 2.06 bits per heavy atom. The fourth-order valence-electron chi connectivity index (χ4n) is 6.14. The second-order valence-electron chi connectivity index (χ2n) is 10.0. The smallest absolute Gasteiger partial charge is 0.324 e. The third kappa shape index (κ3) is 4.69. The molecule has 0 spiro atoms. The zero-order valence-corrected chi connectivity index (χ0v) is 19.5. The molecule has 4 aliphatic rings. The van der Waals surface area contributed by atoms with Crippen LogP contribution in [0.2, 0.25) is 5.02 Å². The van der Waals surface area contributed by atoms with Gasteiger partial charge in [-0.05, 0) is 86.5 Å². The molecule has 4 aliphatic carbocycles. The number of rotatable bonds is 8. The predicted molar refractivity (Wildman–Crippen MR) is 117 cm³/mol. The summed E-state index contributed by atoms with van der Waals surface area (Å²) in [6, 6.07) is 4.63. The van der Waals surface area contributed by atoms with E-state index in [-0.39, 0.29) is 28.6 Å². The minimum absolute atomic E-state index is 0.00279. The molecular weight excluding hydrogens is 438 g/mol. The molecule has 6 nitrogen and oxygen atoms in total. The Kier molecular flexibility index (Phi) is 6.23. The normalized spacial score (nSPS) is 30.4. The van der Waals surface area contributed by atoms with Gasteiger partial charge in [-0.3, -0.25) is 9.59 Å². The van der Waals surface area contributed by atoms with E-state index in [1.54, 1.807) is 13.8 Å². The zero-order valence-electron chi connectivity index (χ0n) is 18.0. The molecule has 8 heteroatoms. The van der Waals surface area contributed by atoms with Crippen molar-refractivity contribution in [2.24, 2.45) is 29.1 Å². The van der Waals surface area contributed by atoms with Crippen LogP contribution in [0.1, 0.15) is 52.4 Å². The number of esters is 1. The zero-order chi connectivity index (χ0) is 22.4. The first kappa shape index (κ1) is 22.7. The first-order valence-corrected chi connectivity index (χ1v) is 12.9. The Labute approximate surface area is 189 Å². The standard InChI is InChI=1S/C23H30ClNO5S/c1-14(2)21(25-31(28,29)19-5-3-18(24)4-6-19)22(27)30-13-20(26)23-10-15-7-16(11-23)9-17(8-15)12-23/h3-6,14-17,21,25H,7-13H2,1-2H3. The third-order valence-corrected chi connectivity index (χ3v) is 9.01. The Morgan fingerprint density at radius 1 is 1.06 bits per heavy atom. The maximum absolute atomic E-state index is 13.1. The van der Waals surface area contributed by atoms with Gasteiger partial charge in [0.15, 0.2) is 12.4 Å². The lowest BCUT2D eigenvalue weighted by molar-refractivity contribution is -0.159. The van der Waals surface area contributed by atoms with Crippen LogP contribution in [-0.2, 0) is 24.3 Å². The number of hydrogen-bond acceptors (Lipinski definition) is 5. The maximum Gasteiger partial charge on any atom is 0.324 e. The number of halogens is 1. The van der Waals surface area contributed by atoms with Crippen molar-refractivity contribution in [3.8, 4) is 0 Å². The average molecular weight is 468 g/mol. The van der Waals surface area contributed by atoms with Gasteiger partial charge in [0, 0.05) is 10.4 Å². The number of carbonyl (C=O) groups excluding carboxylic acids is 2. The fraction of sp³-hybridized carbons (Fsp3) is 0.652. The lowest BCUT2D eigenvalue weighted by Crippen LogP contribution is -2.51. The molecule has 0 aliphatic heterocycles. The van der Waals surface area contributed by atoms with Crippen LogP contribution in [0.25, 0.3) is 0 Å². The first-order chi connectivity index (χ1) is 14.6. The topological polar surface area (TPSA) is 89.5 Å². The second-order valence-corrected chi connectivity index (χ2v) is 12.2. The van der Waals surface area contributed by atoms with Gasteiger partial charge in [-0.1, -0.05) is 25.4 Å². The van der Waals surface area contributed by atoms with Crippen LogP contribution in [-0.4, -0.2) is 32.8 Å². The van der Waals surface area contributed by atoms with Gasteiger partial charge >= 0.3 is 5.97 Å². The highest BCUT2D eigenvalue weighted by Crippen LogP contribution is 2.60. The van der Waals surface area contributed by atoms with E-state index in [9.17, 15) is 18.0 Å². The summed E-state index contributed by atoms with van der Waals surface area (Å²) in [5.74, 6) is 0.819. The van der Waals surface area contributed by atoms with E-state index in [0.29, 0.717) is 22.8 Å². The highest BCUT2D eigenvalue weighted by Gasteiger charge is 2.54. The van der Waals surface area contributed by atoms with E-state index in [1.807, 2.05) is 0 Å².